The van der Waals surface area contributed by atoms with Crippen molar-refractivity contribution in [1.29, 1.82) is 0 Å². The van der Waals surface area contributed by atoms with Crippen LogP contribution in [-0.4, -0.2) is 6.04 Å². The van der Waals surface area contributed by atoms with Crippen LogP contribution in [0.3, 0.4) is 0 Å². The Kier molecular flexibility index (Phi) is 5.68. The van der Waals surface area contributed by atoms with Crippen molar-refractivity contribution >= 4 is 22.9 Å². The first-order valence-corrected chi connectivity index (χ1v) is 8.57. The Balaban J connectivity index is 2.29. The summed E-state index contributed by atoms with van der Waals surface area (Å²) in [5, 5.41) is 2.87. The molecule has 1 heterocycles. The third-order valence-corrected chi connectivity index (χ3v) is 5.13. The Hall–Kier alpha value is -1.03. The first-order valence-electron chi connectivity index (χ1n) is 7.31. The zero-order valence-electron chi connectivity index (χ0n) is 12.7. The predicted octanol–water partition coefficient (Wildman–Crippen LogP) is 5.13. The number of rotatable bonds is 6. The van der Waals surface area contributed by atoms with Gasteiger partial charge in [0, 0.05) is 15.9 Å². The maximum absolute atomic E-state index is 6.28. The van der Waals surface area contributed by atoms with Crippen LogP contribution in [0.1, 0.15) is 42.4 Å². The van der Waals surface area contributed by atoms with Crippen molar-refractivity contribution < 1.29 is 4.74 Å². The molecule has 2 nitrogen and oxygen atoms in total. The summed E-state index contributed by atoms with van der Waals surface area (Å²) in [6.45, 7) is 6.27. The molecular weight excluding hydrogens is 302 g/mol. The lowest BCUT2D eigenvalue weighted by Gasteiger charge is -2.24. The second kappa shape index (κ2) is 7.30. The number of hydrogen-bond donors (Lipinski definition) is 1. The molecule has 2 rings (SSSR count). The minimum Gasteiger partial charge on any atom is -0.483 e. The van der Waals surface area contributed by atoms with Gasteiger partial charge in [0.15, 0.2) is 0 Å². The van der Waals surface area contributed by atoms with Gasteiger partial charge in [0.05, 0.1) is 0 Å². The van der Waals surface area contributed by atoms with Crippen LogP contribution in [-0.2, 0) is 6.42 Å². The van der Waals surface area contributed by atoms with Gasteiger partial charge in [0.25, 0.3) is 0 Å². The molecule has 1 aromatic carbocycles. The molecular formula is C17H22ClNOS. The van der Waals surface area contributed by atoms with E-state index in [2.05, 4.69) is 32.2 Å². The first-order chi connectivity index (χ1) is 10.1. The topological polar surface area (TPSA) is 35.2 Å². The molecule has 2 N–H and O–H groups in total. The molecule has 21 heavy (non-hydrogen) atoms. The largest absolute Gasteiger partial charge is 0.483 e. The van der Waals surface area contributed by atoms with E-state index in [1.54, 1.807) is 11.3 Å². The highest BCUT2D eigenvalue weighted by atomic mass is 35.5. The Labute approximate surface area is 135 Å². The van der Waals surface area contributed by atoms with Gasteiger partial charge in [-0.3, -0.25) is 0 Å². The predicted molar refractivity (Wildman–Crippen MR) is 91.5 cm³/mol. The molecule has 0 aliphatic carbocycles. The Morgan fingerprint density at radius 2 is 2.05 bits per heavy atom. The summed E-state index contributed by atoms with van der Waals surface area (Å²) in [6, 6.07) is 7.91. The summed E-state index contributed by atoms with van der Waals surface area (Å²) in [7, 11) is 0. The number of hydrogen-bond acceptors (Lipinski definition) is 3. The van der Waals surface area contributed by atoms with E-state index in [4.69, 9.17) is 22.1 Å². The average molecular weight is 324 g/mol. The molecule has 0 spiro atoms. The zero-order chi connectivity index (χ0) is 15.4. The number of aryl methyl sites for hydroxylation is 2. The smallest absolute Gasteiger partial charge is 0.148 e. The van der Waals surface area contributed by atoms with Crippen LogP contribution >= 0.6 is 22.9 Å². The number of thiophene rings is 1. The van der Waals surface area contributed by atoms with Crippen LogP contribution in [0.4, 0.5) is 0 Å². The molecule has 0 aliphatic rings. The molecule has 0 fully saturated rings. The van der Waals surface area contributed by atoms with E-state index < -0.39 is 0 Å². The fraction of sp³-hybridized carbons (Fsp3) is 0.412. The van der Waals surface area contributed by atoms with Gasteiger partial charge in [-0.1, -0.05) is 25.4 Å². The molecule has 0 amide bonds. The van der Waals surface area contributed by atoms with E-state index in [9.17, 15) is 0 Å². The Bertz CT molecular complexity index is 596. The molecule has 114 valence electrons. The lowest BCUT2D eigenvalue weighted by atomic mass is 10.1. The van der Waals surface area contributed by atoms with E-state index in [0.29, 0.717) is 0 Å². The fourth-order valence-corrected chi connectivity index (χ4v) is 3.55. The number of ether oxygens (including phenoxy) is 1. The highest BCUT2D eigenvalue weighted by molar-refractivity contribution is 7.10. The summed E-state index contributed by atoms with van der Waals surface area (Å²) in [5.41, 5.74) is 8.61. The molecule has 0 aliphatic heterocycles. The van der Waals surface area contributed by atoms with E-state index in [-0.39, 0.29) is 12.1 Å². The molecule has 2 unspecified atom stereocenters. The van der Waals surface area contributed by atoms with Gasteiger partial charge in [-0.15, -0.1) is 11.3 Å². The van der Waals surface area contributed by atoms with Crippen molar-refractivity contribution in [2.75, 3.05) is 0 Å². The quantitative estimate of drug-likeness (QED) is 0.799. The van der Waals surface area contributed by atoms with E-state index in [1.165, 1.54) is 10.4 Å². The Morgan fingerprint density at radius 1 is 1.29 bits per heavy atom. The van der Waals surface area contributed by atoms with Gasteiger partial charge >= 0.3 is 0 Å². The number of nitrogens with two attached hydrogens (primary N) is 1. The lowest BCUT2D eigenvalue weighted by molar-refractivity contribution is 0.174. The fourth-order valence-electron chi connectivity index (χ4n) is 2.27. The van der Waals surface area contributed by atoms with E-state index in [1.807, 2.05) is 18.2 Å². The SMILES string of the molecule is CCc1cc(OC(c2sccc2C)C(N)CC)ccc1Cl. The second-order valence-electron chi connectivity index (χ2n) is 5.19. The van der Waals surface area contributed by atoms with Crippen molar-refractivity contribution in [3.05, 3.63) is 50.7 Å². The molecule has 0 saturated heterocycles. The molecule has 4 heteroatoms. The van der Waals surface area contributed by atoms with Gasteiger partial charge in [0.1, 0.15) is 11.9 Å². The summed E-state index contributed by atoms with van der Waals surface area (Å²) in [6.07, 6.45) is 1.65. The Morgan fingerprint density at radius 3 is 2.62 bits per heavy atom. The molecule has 2 atom stereocenters. The van der Waals surface area contributed by atoms with Gasteiger partial charge in [-0.25, -0.2) is 0 Å². The molecule has 0 bridgehead atoms. The molecule has 0 saturated carbocycles. The van der Waals surface area contributed by atoms with Crippen LogP contribution in [0.15, 0.2) is 29.6 Å². The molecule has 1 aromatic heterocycles. The highest BCUT2D eigenvalue weighted by Crippen LogP contribution is 2.32. The van der Waals surface area contributed by atoms with Crippen LogP contribution in [0.25, 0.3) is 0 Å². The highest BCUT2D eigenvalue weighted by Gasteiger charge is 2.23. The minimum atomic E-state index is -0.110. The minimum absolute atomic E-state index is 0.0249. The van der Waals surface area contributed by atoms with E-state index >= 15 is 0 Å². The van der Waals surface area contributed by atoms with Crippen molar-refractivity contribution in [3.8, 4) is 5.75 Å². The monoisotopic (exact) mass is 323 g/mol. The first kappa shape index (κ1) is 16.3. The standard InChI is InChI=1S/C17H22ClNOS/c1-4-12-10-13(6-7-14(12)18)20-16(15(19)5-2)17-11(3)8-9-21-17/h6-10,15-16H,4-5,19H2,1-3H3. The average Bonchev–Trinajstić information content (AvgIpc) is 2.91. The van der Waals surface area contributed by atoms with Crippen molar-refractivity contribution in [2.24, 2.45) is 5.73 Å². The summed E-state index contributed by atoms with van der Waals surface area (Å²) in [4.78, 5) is 1.21. The van der Waals surface area contributed by atoms with Crippen molar-refractivity contribution in [2.45, 2.75) is 45.8 Å². The summed E-state index contributed by atoms with van der Waals surface area (Å²) >= 11 is 7.87. The number of halogens is 1. The van der Waals surface area contributed by atoms with Crippen LogP contribution in [0.2, 0.25) is 5.02 Å². The van der Waals surface area contributed by atoms with Gasteiger partial charge < -0.3 is 10.5 Å². The molecule has 2 aromatic rings. The third-order valence-electron chi connectivity index (χ3n) is 3.68. The lowest BCUT2D eigenvalue weighted by Crippen LogP contribution is -2.31. The van der Waals surface area contributed by atoms with Gasteiger partial charge in [-0.05, 0) is 60.5 Å². The third kappa shape index (κ3) is 3.79. The van der Waals surface area contributed by atoms with E-state index in [0.717, 1.165) is 29.2 Å². The maximum Gasteiger partial charge on any atom is 0.148 e. The zero-order valence-corrected chi connectivity index (χ0v) is 14.3. The van der Waals surface area contributed by atoms with Crippen molar-refractivity contribution in [1.82, 2.24) is 0 Å². The van der Waals surface area contributed by atoms with Crippen LogP contribution in [0.5, 0.6) is 5.75 Å². The summed E-state index contributed by atoms with van der Waals surface area (Å²) in [5.74, 6) is 0.831. The van der Waals surface area contributed by atoms with Crippen LogP contribution in [0, 0.1) is 6.92 Å². The maximum atomic E-state index is 6.28. The van der Waals surface area contributed by atoms with Gasteiger partial charge in [-0.2, -0.15) is 0 Å². The number of benzene rings is 1. The second-order valence-corrected chi connectivity index (χ2v) is 6.54. The van der Waals surface area contributed by atoms with Crippen molar-refractivity contribution in [3.63, 3.8) is 0 Å². The summed E-state index contributed by atoms with van der Waals surface area (Å²) < 4.78 is 6.22. The molecule has 0 radical (unpaired) electrons. The van der Waals surface area contributed by atoms with Gasteiger partial charge in [0.2, 0.25) is 0 Å². The normalized spacial score (nSPS) is 14.0. The van der Waals surface area contributed by atoms with Crippen LogP contribution < -0.4 is 10.5 Å².